The Labute approximate surface area is 146 Å². The second-order valence-corrected chi connectivity index (χ2v) is 6.20. The molecule has 5 nitrogen and oxygen atoms in total. The van der Waals surface area contributed by atoms with Gasteiger partial charge >= 0.3 is 0 Å². The molecule has 0 bridgehead atoms. The maximum absolute atomic E-state index is 12.1. The lowest BCUT2D eigenvalue weighted by Crippen LogP contribution is -2.27. The minimum Gasteiger partial charge on any atom is -0.491 e. The highest BCUT2D eigenvalue weighted by atomic mass is 35.5. The van der Waals surface area contributed by atoms with Gasteiger partial charge in [-0.05, 0) is 38.5 Å². The summed E-state index contributed by atoms with van der Waals surface area (Å²) in [7, 11) is 0. The summed E-state index contributed by atoms with van der Waals surface area (Å²) in [5.74, 6) is 0.635. The summed E-state index contributed by atoms with van der Waals surface area (Å²) in [6.45, 7) is 6.26. The number of nitrogens with one attached hydrogen (secondary N) is 1. The maximum Gasteiger partial charge on any atom is 0.271 e. The number of nitrogens with two attached hydrogens (primary N) is 1. The minimum atomic E-state index is -0.189. The number of hydrogen-bond acceptors (Lipinski definition) is 5. The van der Waals surface area contributed by atoms with E-state index in [4.69, 9.17) is 10.5 Å². The molecule has 1 atom stereocenters. The Morgan fingerprint density at radius 1 is 1.30 bits per heavy atom. The van der Waals surface area contributed by atoms with Crippen molar-refractivity contribution >= 4 is 29.7 Å². The van der Waals surface area contributed by atoms with Gasteiger partial charge in [0.2, 0.25) is 0 Å². The molecule has 23 heavy (non-hydrogen) atoms. The van der Waals surface area contributed by atoms with Gasteiger partial charge in [-0.1, -0.05) is 12.1 Å². The van der Waals surface area contributed by atoms with Crippen LogP contribution in [0.5, 0.6) is 5.75 Å². The zero-order valence-corrected chi connectivity index (χ0v) is 15.0. The average molecular weight is 356 g/mol. The Kier molecular flexibility index (Phi) is 7.48. The molecule has 0 radical (unpaired) electrons. The van der Waals surface area contributed by atoms with Crippen LogP contribution >= 0.6 is 23.7 Å². The van der Waals surface area contributed by atoms with Crippen molar-refractivity contribution in [1.82, 2.24) is 10.3 Å². The lowest BCUT2D eigenvalue weighted by molar-refractivity contribution is 0.0935. The van der Waals surface area contributed by atoms with Crippen molar-refractivity contribution in [2.45, 2.75) is 39.5 Å². The highest BCUT2D eigenvalue weighted by Gasteiger charge is 2.14. The van der Waals surface area contributed by atoms with Crippen LogP contribution in [0.15, 0.2) is 29.6 Å². The second-order valence-electron chi connectivity index (χ2n) is 5.26. The molecule has 1 heterocycles. The van der Waals surface area contributed by atoms with Crippen LogP contribution in [0.1, 0.15) is 47.9 Å². The van der Waals surface area contributed by atoms with Crippen LogP contribution in [0, 0.1) is 0 Å². The summed E-state index contributed by atoms with van der Waals surface area (Å²) in [5, 5.41) is 5.42. The molecular weight excluding hydrogens is 334 g/mol. The fraction of sp³-hybridized carbons (Fsp3) is 0.375. The number of nitrogens with zero attached hydrogens (tertiary/aromatic N) is 1. The lowest BCUT2D eigenvalue weighted by Gasteiger charge is -2.15. The third kappa shape index (κ3) is 5.49. The van der Waals surface area contributed by atoms with Gasteiger partial charge < -0.3 is 15.8 Å². The number of benzene rings is 1. The number of amides is 1. The largest absolute Gasteiger partial charge is 0.491 e. The zero-order valence-electron chi connectivity index (χ0n) is 13.4. The highest BCUT2D eigenvalue weighted by Crippen LogP contribution is 2.19. The van der Waals surface area contributed by atoms with Crippen LogP contribution in [0.4, 0.5) is 0 Å². The van der Waals surface area contributed by atoms with Gasteiger partial charge in [-0.25, -0.2) is 4.98 Å². The van der Waals surface area contributed by atoms with E-state index < -0.39 is 0 Å². The molecule has 0 saturated heterocycles. The molecule has 0 spiro atoms. The first-order valence-corrected chi connectivity index (χ1v) is 8.09. The van der Waals surface area contributed by atoms with Crippen LogP contribution in [-0.2, 0) is 6.54 Å². The van der Waals surface area contributed by atoms with E-state index in [1.54, 1.807) is 5.38 Å². The van der Waals surface area contributed by atoms with E-state index in [2.05, 4.69) is 10.3 Å². The molecule has 1 aromatic carbocycles. The van der Waals surface area contributed by atoms with Gasteiger partial charge in [0.05, 0.1) is 12.1 Å². The number of ether oxygens (including phenoxy) is 1. The molecule has 7 heteroatoms. The molecule has 2 rings (SSSR count). The van der Waals surface area contributed by atoms with Crippen molar-refractivity contribution in [2.24, 2.45) is 5.73 Å². The van der Waals surface area contributed by atoms with Gasteiger partial charge in [-0.15, -0.1) is 23.7 Å². The third-order valence-corrected chi connectivity index (χ3v) is 3.93. The molecule has 1 aromatic heterocycles. The summed E-state index contributed by atoms with van der Waals surface area (Å²) in [6, 6.07) is 7.62. The van der Waals surface area contributed by atoms with Crippen molar-refractivity contribution in [3.63, 3.8) is 0 Å². The van der Waals surface area contributed by atoms with Gasteiger partial charge in [0, 0.05) is 11.9 Å². The number of thiazole rings is 1. The smallest absolute Gasteiger partial charge is 0.271 e. The molecule has 2 aromatic rings. The van der Waals surface area contributed by atoms with Crippen molar-refractivity contribution in [3.8, 4) is 5.75 Å². The summed E-state index contributed by atoms with van der Waals surface area (Å²) >= 11 is 1.39. The molecular formula is C16H22ClN3O2S. The molecule has 0 saturated carbocycles. The summed E-state index contributed by atoms with van der Waals surface area (Å²) in [4.78, 5) is 16.3. The van der Waals surface area contributed by atoms with E-state index in [1.807, 2.05) is 45.0 Å². The quantitative estimate of drug-likeness (QED) is 0.833. The number of carbonyl (C=O) groups is 1. The van der Waals surface area contributed by atoms with Gasteiger partial charge in [-0.2, -0.15) is 0 Å². The monoisotopic (exact) mass is 355 g/mol. The predicted molar refractivity (Wildman–Crippen MR) is 95.3 cm³/mol. The van der Waals surface area contributed by atoms with Gasteiger partial charge in [0.15, 0.2) is 0 Å². The Hall–Kier alpha value is -1.63. The minimum absolute atomic E-state index is 0. The Morgan fingerprint density at radius 3 is 2.48 bits per heavy atom. The number of rotatable bonds is 6. The van der Waals surface area contributed by atoms with Crippen LogP contribution in [-0.4, -0.2) is 17.0 Å². The summed E-state index contributed by atoms with van der Waals surface area (Å²) in [5.41, 5.74) is 6.94. The topological polar surface area (TPSA) is 77.2 Å². The zero-order chi connectivity index (χ0) is 16.1. The molecule has 0 aliphatic heterocycles. The fourth-order valence-corrected chi connectivity index (χ4v) is 2.62. The summed E-state index contributed by atoms with van der Waals surface area (Å²) < 4.78 is 5.61. The lowest BCUT2D eigenvalue weighted by atomic mass is 10.1. The van der Waals surface area contributed by atoms with Gasteiger partial charge in [0.1, 0.15) is 16.5 Å². The predicted octanol–water partition coefficient (Wildman–Crippen LogP) is 3.30. The Morgan fingerprint density at radius 2 is 1.96 bits per heavy atom. The second kappa shape index (κ2) is 8.86. The molecule has 1 amide bonds. The molecule has 0 fully saturated rings. The van der Waals surface area contributed by atoms with Gasteiger partial charge in [-0.3, -0.25) is 4.79 Å². The van der Waals surface area contributed by atoms with E-state index in [-0.39, 0.29) is 30.5 Å². The molecule has 126 valence electrons. The SMILES string of the molecule is CC(C)Oc1ccc(C(C)NC(=O)c2csc(CN)n2)cc1.Cl. The van der Waals surface area contributed by atoms with Crippen LogP contribution in [0.2, 0.25) is 0 Å². The van der Waals surface area contributed by atoms with E-state index >= 15 is 0 Å². The number of carbonyl (C=O) groups excluding carboxylic acids is 1. The van der Waals surface area contributed by atoms with E-state index in [1.165, 1.54) is 11.3 Å². The maximum atomic E-state index is 12.1. The van der Waals surface area contributed by atoms with Crippen LogP contribution in [0.3, 0.4) is 0 Å². The van der Waals surface area contributed by atoms with E-state index in [9.17, 15) is 4.79 Å². The highest BCUT2D eigenvalue weighted by molar-refractivity contribution is 7.09. The Bertz CT molecular complexity index is 629. The average Bonchev–Trinajstić information content (AvgIpc) is 2.96. The Balaban J connectivity index is 0.00000264. The number of halogens is 1. The normalized spacial score (nSPS) is 11.7. The first-order chi connectivity index (χ1) is 10.5. The summed E-state index contributed by atoms with van der Waals surface area (Å²) in [6.07, 6.45) is 0.143. The standard InChI is InChI=1S/C16H21N3O2S.ClH/c1-10(2)21-13-6-4-12(5-7-13)11(3)18-16(20)14-9-22-15(8-17)19-14;/h4-7,9-11H,8,17H2,1-3H3,(H,18,20);1H. The van der Waals surface area contributed by atoms with Crippen molar-refractivity contribution in [2.75, 3.05) is 0 Å². The van der Waals surface area contributed by atoms with E-state index in [0.717, 1.165) is 16.3 Å². The number of aromatic nitrogens is 1. The first-order valence-electron chi connectivity index (χ1n) is 7.21. The van der Waals surface area contributed by atoms with Crippen LogP contribution < -0.4 is 15.8 Å². The molecule has 1 unspecified atom stereocenters. The number of hydrogen-bond donors (Lipinski definition) is 2. The van der Waals surface area contributed by atoms with E-state index in [0.29, 0.717) is 12.2 Å². The van der Waals surface area contributed by atoms with Gasteiger partial charge in [0.25, 0.3) is 5.91 Å². The molecule has 0 aliphatic carbocycles. The molecule has 3 N–H and O–H groups in total. The first kappa shape index (κ1) is 19.4. The van der Waals surface area contributed by atoms with Crippen LogP contribution in [0.25, 0.3) is 0 Å². The third-order valence-electron chi connectivity index (χ3n) is 3.06. The fourth-order valence-electron chi connectivity index (χ4n) is 1.97. The van der Waals surface area contributed by atoms with Crippen molar-refractivity contribution < 1.29 is 9.53 Å². The van der Waals surface area contributed by atoms with Crippen molar-refractivity contribution in [1.29, 1.82) is 0 Å². The molecule has 0 aliphatic rings. The van der Waals surface area contributed by atoms with Crippen molar-refractivity contribution in [3.05, 3.63) is 45.9 Å².